The van der Waals surface area contributed by atoms with Gasteiger partial charge in [0.25, 0.3) is 0 Å². The molecule has 3 heteroatoms. The van der Waals surface area contributed by atoms with Crippen LogP contribution in [0.25, 0.3) is 0 Å². The lowest BCUT2D eigenvalue weighted by Crippen LogP contribution is -2.57. The van der Waals surface area contributed by atoms with Crippen LogP contribution in [0.2, 0.25) is 0 Å². The smallest absolute Gasteiger partial charge is 0.190 e. The minimum absolute atomic E-state index is 0.0931. The van der Waals surface area contributed by atoms with Gasteiger partial charge in [-0.1, -0.05) is 69.7 Å². The molecule has 0 aromatic heterocycles. The molecule has 0 heterocycles. The van der Waals surface area contributed by atoms with E-state index >= 15 is 0 Å². The highest BCUT2D eigenvalue weighted by Crippen LogP contribution is 2.66. The maximum atomic E-state index is 14.3. The van der Waals surface area contributed by atoms with Gasteiger partial charge in [-0.25, -0.2) is 0 Å². The fraction of sp³-hybridized carbons (Fsp3) is 0.606. The van der Waals surface area contributed by atoms with Crippen molar-refractivity contribution in [3.8, 4) is 0 Å². The molecule has 0 N–H and O–H groups in total. The van der Waals surface area contributed by atoms with Crippen LogP contribution in [-0.2, 0) is 22.4 Å². The van der Waals surface area contributed by atoms with Gasteiger partial charge in [-0.2, -0.15) is 0 Å². The van der Waals surface area contributed by atoms with Crippen molar-refractivity contribution in [2.75, 3.05) is 0 Å². The largest absolute Gasteiger partial charge is 0.294 e. The van der Waals surface area contributed by atoms with Crippen molar-refractivity contribution in [3.05, 3.63) is 56.7 Å². The number of unbranched alkanes of at least 4 members (excludes halogenated alkanes) is 4. The summed E-state index contributed by atoms with van der Waals surface area (Å²) in [5, 5.41) is 0. The molecule has 1 aromatic rings. The molecule has 0 saturated heterocycles. The standard InChI is InChI=1S/C33H44O3/c1-9-10-11-12-13-14-24-16-15-20(2)27-25(24)18-31(6)19-32(7)17-21(3)26(23(5)34)30(36)33(32,8)22(4)28(31)29(27)35/h15-16H,9-14,17-19H2,1-8H3. The maximum Gasteiger partial charge on any atom is 0.190 e. The summed E-state index contributed by atoms with van der Waals surface area (Å²) in [7, 11) is 0. The first-order chi connectivity index (χ1) is 16.8. The molecule has 0 bridgehead atoms. The van der Waals surface area contributed by atoms with E-state index in [9.17, 15) is 14.4 Å². The lowest BCUT2D eigenvalue weighted by atomic mass is 9.42. The van der Waals surface area contributed by atoms with Crippen molar-refractivity contribution in [2.24, 2.45) is 16.2 Å². The number of rotatable bonds is 7. The molecule has 0 spiro atoms. The normalized spacial score (nSPS) is 29.8. The Kier molecular flexibility index (Phi) is 6.86. The number of hydrogen-bond acceptors (Lipinski definition) is 3. The minimum Gasteiger partial charge on any atom is -0.294 e. The zero-order valence-electron chi connectivity index (χ0n) is 23.7. The lowest BCUT2D eigenvalue weighted by molar-refractivity contribution is -0.134. The van der Waals surface area contributed by atoms with Gasteiger partial charge < -0.3 is 0 Å². The molecule has 0 amide bonds. The van der Waals surface area contributed by atoms with Crippen LogP contribution < -0.4 is 0 Å². The molecule has 194 valence electrons. The SMILES string of the molecule is CCCCCCCc1ccc(C)c2c1CC1(C)CC3(C)CC(C)=C(C(C)=O)C(=O)C3(C)C(C)=C1C2=O. The third kappa shape index (κ3) is 3.80. The van der Waals surface area contributed by atoms with Gasteiger partial charge in [0.15, 0.2) is 17.3 Å². The number of hydrogen-bond donors (Lipinski definition) is 0. The van der Waals surface area contributed by atoms with Crippen LogP contribution in [0.15, 0.2) is 34.4 Å². The Balaban J connectivity index is 1.83. The summed E-state index contributed by atoms with van der Waals surface area (Å²) in [5.74, 6) is -0.149. The van der Waals surface area contributed by atoms with Crippen molar-refractivity contribution >= 4 is 17.3 Å². The van der Waals surface area contributed by atoms with Crippen LogP contribution in [-0.4, -0.2) is 17.3 Å². The molecule has 4 rings (SSSR count). The first kappa shape index (κ1) is 26.8. The van der Waals surface area contributed by atoms with Gasteiger partial charge in [-0.15, -0.1) is 0 Å². The molecule has 3 aliphatic carbocycles. The van der Waals surface area contributed by atoms with Gasteiger partial charge in [-0.05, 0) is 88.8 Å². The highest BCUT2D eigenvalue weighted by atomic mass is 16.2. The summed E-state index contributed by atoms with van der Waals surface area (Å²) < 4.78 is 0. The van der Waals surface area contributed by atoms with E-state index in [4.69, 9.17) is 0 Å². The number of carbonyl (C=O) groups is 3. The van der Waals surface area contributed by atoms with E-state index in [2.05, 4.69) is 32.9 Å². The van der Waals surface area contributed by atoms with Crippen LogP contribution in [0.1, 0.15) is 120 Å². The molecule has 0 radical (unpaired) electrons. The van der Waals surface area contributed by atoms with E-state index in [0.29, 0.717) is 12.0 Å². The van der Waals surface area contributed by atoms with Gasteiger partial charge in [-0.3, -0.25) is 14.4 Å². The van der Waals surface area contributed by atoms with Crippen molar-refractivity contribution in [3.63, 3.8) is 0 Å². The first-order valence-corrected chi connectivity index (χ1v) is 14.0. The molecule has 3 nitrogen and oxygen atoms in total. The zero-order valence-corrected chi connectivity index (χ0v) is 23.7. The number of allylic oxidation sites excluding steroid dienone is 4. The van der Waals surface area contributed by atoms with E-state index < -0.39 is 5.41 Å². The molecule has 3 unspecified atom stereocenters. The van der Waals surface area contributed by atoms with Gasteiger partial charge in [0.2, 0.25) is 0 Å². The number of fused-ring (bicyclic) bond motifs is 3. The summed E-state index contributed by atoms with van der Waals surface area (Å²) in [6, 6.07) is 4.36. The number of carbonyl (C=O) groups excluding carboxylic acids is 3. The third-order valence-electron chi connectivity index (χ3n) is 10.0. The monoisotopic (exact) mass is 488 g/mol. The predicted molar refractivity (Wildman–Crippen MR) is 146 cm³/mol. The fourth-order valence-electron chi connectivity index (χ4n) is 8.13. The molecular formula is C33H44O3. The second-order valence-corrected chi connectivity index (χ2v) is 12.7. The number of aryl methyl sites for hydroxylation is 2. The number of benzene rings is 1. The van der Waals surface area contributed by atoms with Crippen LogP contribution in [0.3, 0.4) is 0 Å². The zero-order chi connectivity index (χ0) is 26.6. The van der Waals surface area contributed by atoms with Crippen molar-refractivity contribution in [1.82, 2.24) is 0 Å². The van der Waals surface area contributed by atoms with E-state index in [1.54, 1.807) is 0 Å². The summed E-state index contributed by atoms with van der Waals surface area (Å²) >= 11 is 0. The van der Waals surface area contributed by atoms with Gasteiger partial charge in [0.05, 0.1) is 11.0 Å². The molecular weight excluding hydrogens is 444 g/mol. The molecule has 1 aromatic carbocycles. The Bertz CT molecular complexity index is 1210. The van der Waals surface area contributed by atoms with Crippen LogP contribution in [0.4, 0.5) is 0 Å². The highest BCUT2D eigenvalue weighted by molar-refractivity contribution is 6.24. The Morgan fingerprint density at radius 3 is 2.25 bits per heavy atom. The topological polar surface area (TPSA) is 51.2 Å². The predicted octanol–water partition coefficient (Wildman–Crippen LogP) is 7.86. The Labute approximate surface area is 217 Å². The Morgan fingerprint density at radius 1 is 0.944 bits per heavy atom. The van der Waals surface area contributed by atoms with Crippen molar-refractivity contribution in [1.29, 1.82) is 0 Å². The fourth-order valence-corrected chi connectivity index (χ4v) is 8.13. The van der Waals surface area contributed by atoms with Crippen LogP contribution in [0, 0.1) is 23.2 Å². The molecule has 0 saturated carbocycles. The van der Waals surface area contributed by atoms with Crippen molar-refractivity contribution in [2.45, 2.75) is 113 Å². The second-order valence-electron chi connectivity index (χ2n) is 12.7. The van der Waals surface area contributed by atoms with E-state index in [1.165, 1.54) is 43.7 Å². The summed E-state index contributed by atoms with van der Waals surface area (Å²) in [6.07, 6.45) is 9.53. The molecule has 3 aliphatic rings. The summed E-state index contributed by atoms with van der Waals surface area (Å²) in [5.41, 5.74) is 5.92. The number of Topliss-reactive ketones (excluding diaryl/α,β-unsaturated/α-hetero) is 3. The first-order valence-electron chi connectivity index (χ1n) is 14.0. The average Bonchev–Trinajstić information content (AvgIpc) is 2.77. The quantitative estimate of drug-likeness (QED) is 0.290. The van der Waals surface area contributed by atoms with E-state index in [-0.39, 0.29) is 28.2 Å². The average molecular weight is 489 g/mol. The van der Waals surface area contributed by atoms with E-state index in [0.717, 1.165) is 53.5 Å². The Hall–Kier alpha value is -2.29. The third-order valence-corrected chi connectivity index (χ3v) is 10.0. The highest BCUT2D eigenvalue weighted by Gasteiger charge is 2.63. The maximum absolute atomic E-state index is 14.3. The molecule has 0 aliphatic heterocycles. The molecule has 0 fully saturated rings. The van der Waals surface area contributed by atoms with Crippen molar-refractivity contribution < 1.29 is 14.4 Å². The van der Waals surface area contributed by atoms with Crippen LogP contribution >= 0.6 is 0 Å². The van der Waals surface area contributed by atoms with Gasteiger partial charge >= 0.3 is 0 Å². The minimum atomic E-state index is -0.847. The number of ketones is 3. The Morgan fingerprint density at radius 2 is 1.61 bits per heavy atom. The summed E-state index contributed by atoms with van der Waals surface area (Å²) in [6.45, 7) is 16.2. The second kappa shape index (κ2) is 9.23. The van der Waals surface area contributed by atoms with Crippen LogP contribution in [0.5, 0.6) is 0 Å². The van der Waals surface area contributed by atoms with Gasteiger partial charge in [0, 0.05) is 16.6 Å². The lowest BCUT2D eigenvalue weighted by Gasteiger charge is -2.59. The van der Waals surface area contributed by atoms with Gasteiger partial charge in [0.1, 0.15) is 0 Å². The molecule has 3 atom stereocenters. The molecule has 36 heavy (non-hydrogen) atoms. The van der Waals surface area contributed by atoms with E-state index in [1.807, 2.05) is 27.7 Å². The summed E-state index contributed by atoms with van der Waals surface area (Å²) in [4.78, 5) is 40.8.